The second kappa shape index (κ2) is 6.71. The molecular weight excluding hydrogens is 242 g/mol. The Kier molecular flexibility index (Phi) is 4.49. The first-order valence-electron chi connectivity index (χ1n) is 7.74. The first-order chi connectivity index (χ1) is 9.92. The maximum atomic E-state index is 3.71. The minimum Gasteiger partial charge on any atom is -0.310 e. The highest BCUT2D eigenvalue weighted by Crippen LogP contribution is 2.32. The van der Waals surface area contributed by atoms with Crippen molar-refractivity contribution in [3.63, 3.8) is 0 Å². The van der Waals surface area contributed by atoms with E-state index in [1.165, 1.54) is 36.8 Å². The lowest BCUT2D eigenvalue weighted by Gasteiger charge is -2.29. The van der Waals surface area contributed by atoms with E-state index in [1.807, 2.05) is 0 Å². The Morgan fingerprint density at radius 3 is 2.00 bits per heavy atom. The fraction of sp³-hybridized carbons (Fsp3) is 0.368. The van der Waals surface area contributed by atoms with Gasteiger partial charge in [0.25, 0.3) is 0 Å². The summed E-state index contributed by atoms with van der Waals surface area (Å²) < 4.78 is 0. The molecule has 3 rings (SSSR count). The van der Waals surface area contributed by atoms with Crippen molar-refractivity contribution in [2.45, 2.75) is 44.2 Å². The number of hydrogen-bond donors (Lipinski definition) is 1. The van der Waals surface area contributed by atoms with Gasteiger partial charge in [0, 0.05) is 12.6 Å². The summed E-state index contributed by atoms with van der Waals surface area (Å²) >= 11 is 0. The molecule has 0 bridgehead atoms. The molecule has 1 saturated carbocycles. The van der Waals surface area contributed by atoms with Crippen LogP contribution >= 0.6 is 0 Å². The molecule has 2 aromatic rings. The Morgan fingerprint density at radius 1 is 0.750 bits per heavy atom. The predicted octanol–water partition coefficient (Wildman–Crippen LogP) is 4.50. The van der Waals surface area contributed by atoms with E-state index in [9.17, 15) is 0 Å². The van der Waals surface area contributed by atoms with Gasteiger partial charge in [0.15, 0.2) is 0 Å². The highest BCUT2D eigenvalue weighted by atomic mass is 14.9. The van der Waals surface area contributed by atoms with Crippen LogP contribution in [0.1, 0.15) is 42.7 Å². The standard InChI is InChI=1S/C19H23N/c1-3-7-16(8-4-1)15-20-19-13-11-18(12-14-19)17-9-5-2-6-10-17/h1-10,18-20H,11-15H2/t18-,19+. The number of nitrogens with one attached hydrogen (secondary N) is 1. The van der Waals surface area contributed by atoms with Gasteiger partial charge < -0.3 is 5.32 Å². The number of hydrogen-bond acceptors (Lipinski definition) is 1. The van der Waals surface area contributed by atoms with E-state index in [4.69, 9.17) is 0 Å². The van der Waals surface area contributed by atoms with Crippen molar-refractivity contribution in [1.29, 1.82) is 0 Å². The Morgan fingerprint density at radius 2 is 1.35 bits per heavy atom. The van der Waals surface area contributed by atoms with Gasteiger partial charge in [0.1, 0.15) is 0 Å². The molecular formula is C19H23N. The van der Waals surface area contributed by atoms with E-state index in [0.717, 1.165) is 12.5 Å². The van der Waals surface area contributed by atoms with Gasteiger partial charge in [0.2, 0.25) is 0 Å². The molecule has 0 aromatic heterocycles. The Bertz CT molecular complexity index is 498. The van der Waals surface area contributed by atoms with Crippen LogP contribution in [0.2, 0.25) is 0 Å². The van der Waals surface area contributed by atoms with Gasteiger partial charge in [0.05, 0.1) is 0 Å². The second-order valence-electron chi connectivity index (χ2n) is 5.83. The molecule has 0 amide bonds. The molecule has 0 radical (unpaired) electrons. The van der Waals surface area contributed by atoms with Gasteiger partial charge in [-0.05, 0) is 42.7 Å². The van der Waals surface area contributed by atoms with Crippen LogP contribution in [0.3, 0.4) is 0 Å². The normalized spacial score (nSPS) is 22.6. The molecule has 1 N–H and O–H groups in total. The summed E-state index contributed by atoms with van der Waals surface area (Å²) in [7, 11) is 0. The van der Waals surface area contributed by atoms with Crippen LogP contribution in [-0.4, -0.2) is 6.04 Å². The fourth-order valence-corrected chi connectivity index (χ4v) is 3.21. The molecule has 1 heteroatoms. The van der Waals surface area contributed by atoms with Crippen molar-refractivity contribution < 1.29 is 0 Å². The number of benzene rings is 2. The SMILES string of the molecule is c1ccc(CN[C@H]2CC[C@@H](c3ccccc3)CC2)cc1. The molecule has 1 aliphatic carbocycles. The third-order valence-corrected chi connectivity index (χ3v) is 4.44. The molecule has 0 spiro atoms. The van der Waals surface area contributed by atoms with Crippen molar-refractivity contribution >= 4 is 0 Å². The molecule has 1 aliphatic rings. The van der Waals surface area contributed by atoms with Crippen molar-refractivity contribution in [1.82, 2.24) is 5.32 Å². The largest absolute Gasteiger partial charge is 0.310 e. The lowest BCUT2D eigenvalue weighted by atomic mass is 9.82. The summed E-state index contributed by atoms with van der Waals surface area (Å²) in [5, 5.41) is 3.71. The maximum absolute atomic E-state index is 3.71. The molecule has 0 atom stereocenters. The molecule has 0 unspecified atom stereocenters. The second-order valence-corrected chi connectivity index (χ2v) is 5.83. The highest BCUT2D eigenvalue weighted by molar-refractivity contribution is 5.20. The van der Waals surface area contributed by atoms with Crippen LogP contribution in [0.15, 0.2) is 60.7 Å². The lowest BCUT2D eigenvalue weighted by Crippen LogP contribution is -2.32. The maximum Gasteiger partial charge on any atom is 0.0208 e. The average molecular weight is 265 g/mol. The molecule has 0 saturated heterocycles. The quantitative estimate of drug-likeness (QED) is 0.858. The van der Waals surface area contributed by atoms with E-state index >= 15 is 0 Å². The van der Waals surface area contributed by atoms with Crippen LogP contribution in [0.5, 0.6) is 0 Å². The zero-order valence-corrected chi connectivity index (χ0v) is 12.0. The number of rotatable bonds is 4. The Balaban J connectivity index is 1.47. The molecule has 20 heavy (non-hydrogen) atoms. The third-order valence-electron chi connectivity index (χ3n) is 4.44. The van der Waals surface area contributed by atoms with Crippen LogP contribution in [0.4, 0.5) is 0 Å². The van der Waals surface area contributed by atoms with Crippen LogP contribution in [0.25, 0.3) is 0 Å². The van der Waals surface area contributed by atoms with E-state index in [1.54, 1.807) is 0 Å². The Hall–Kier alpha value is -1.60. The zero-order chi connectivity index (χ0) is 13.6. The van der Waals surface area contributed by atoms with Gasteiger partial charge in [-0.25, -0.2) is 0 Å². The van der Waals surface area contributed by atoms with Gasteiger partial charge in [-0.2, -0.15) is 0 Å². The van der Waals surface area contributed by atoms with Crippen molar-refractivity contribution in [2.75, 3.05) is 0 Å². The van der Waals surface area contributed by atoms with Gasteiger partial charge in [-0.1, -0.05) is 60.7 Å². The van der Waals surface area contributed by atoms with Gasteiger partial charge in [-0.15, -0.1) is 0 Å². The fourth-order valence-electron chi connectivity index (χ4n) is 3.21. The summed E-state index contributed by atoms with van der Waals surface area (Å²) in [6, 6.07) is 22.4. The highest BCUT2D eigenvalue weighted by Gasteiger charge is 2.21. The summed E-state index contributed by atoms with van der Waals surface area (Å²) in [4.78, 5) is 0. The van der Waals surface area contributed by atoms with Crippen LogP contribution in [-0.2, 0) is 6.54 Å². The third kappa shape index (κ3) is 3.49. The van der Waals surface area contributed by atoms with Crippen LogP contribution < -0.4 is 5.32 Å². The topological polar surface area (TPSA) is 12.0 Å². The Labute approximate surface area is 122 Å². The minimum atomic E-state index is 0.690. The smallest absolute Gasteiger partial charge is 0.0208 e. The minimum absolute atomic E-state index is 0.690. The van der Waals surface area contributed by atoms with E-state index in [-0.39, 0.29) is 0 Å². The monoisotopic (exact) mass is 265 g/mol. The van der Waals surface area contributed by atoms with Crippen molar-refractivity contribution in [3.05, 3.63) is 71.8 Å². The molecule has 104 valence electrons. The van der Waals surface area contributed by atoms with E-state index in [0.29, 0.717) is 6.04 Å². The lowest BCUT2D eigenvalue weighted by molar-refractivity contribution is 0.341. The summed E-state index contributed by atoms with van der Waals surface area (Å²) in [6.45, 7) is 1.00. The molecule has 1 fully saturated rings. The molecule has 2 aromatic carbocycles. The van der Waals surface area contributed by atoms with E-state index in [2.05, 4.69) is 66.0 Å². The molecule has 0 heterocycles. The van der Waals surface area contributed by atoms with Gasteiger partial charge >= 0.3 is 0 Å². The van der Waals surface area contributed by atoms with Crippen LogP contribution in [0, 0.1) is 0 Å². The predicted molar refractivity (Wildman–Crippen MR) is 84.7 cm³/mol. The van der Waals surface area contributed by atoms with Crippen molar-refractivity contribution in [3.8, 4) is 0 Å². The first-order valence-corrected chi connectivity index (χ1v) is 7.74. The van der Waals surface area contributed by atoms with E-state index < -0.39 is 0 Å². The summed E-state index contributed by atoms with van der Waals surface area (Å²) in [5.41, 5.74) is 2.91. The molecule has 0 aliphatic heterocycles. The average Bonchev–Trinajstić information content (AvgIpc) is 2.55. The summed E-state index contributed by atoms with van der Waals surface area (Å²) in [5.74, 6) is 0.769. The van der Waals surface area contributed by atoms with Crippen molar-refractivity contribution in [2.24, 2.45) is 0 Å². The first kappa shape index (κ1) is 13.4. The summed E-state index contributed by atoms with van der Waals surface area (Å²) in [6.07, 6.45) is 5.23. The zero-order valence-electron chi connectivity index (χ0n) is 12.0. The molecule has 1 nitrogen and oxygen atoms in total. The van der Waals surface area contributed by atoms with Gasteiger partial charge in [-0.3, -0.25) is 0 Å².